The van der Waals surface area contributed by atoms with Gasteiger partial charge in [-0.25, -0.2) is 4.79 Å². The summed E-state index contributed by atoms with van der Waals surface area (Å²) in [5.41, 5.74) is 11.6. The van der Waals surface area contributed by atoms with Crippen LogP contribution in [0.2, 0.25) is 0 Å². The Balaban J connectivity index is 1.66. The number of primary amides is 1. The van der Waals surface area contributed by atoms with Crippen molar-refractivity contribution >= 4 is 6.09 Å². The molecular formula is C21H17NO2. The van der Waals surface area contributed by atoms with Gasteiger partial charge in [0.25, 0.3) is 0 Å². The Morgan fingerprint density at radius 3 is 1.92 bits per heavy atom. The molecule has 1 aliphatic rings. The van der Waals surface area contributed by atoms with Gasteiger partial charge < -0.3 is 10.5 Å². The Labute approximate surface area is 140 Å². The Bertz CT molecular complexity index is 854. The number of ether oxygens (including phenoxy) is 1. The molecule has 0 fully saturated rings. The Kier molecular flexibility index (Phi) is 3.54. The number of fused-ring (bicyclic) bond motifs is 3. The molecule has 0 spiro atoms. The van der Waals surface area contributed by atoms with Crippen LogP contribution in [0, 0.1) is 0 Å². The van der Waals surface area contributed by atoms with E-state index < -0.39 is 6.09 Å². The van der Waals surface area contributed by atoms with Crippen LogP contribution in [-0.4, -0.2) is 6.09 Å². The lowest BCUT2D eigenvalue weighted by Gasteiger charge is -2.14. The van der Waals surface area contributed by atoms with E-state index in [4.69, 9.17) is 10.5 Å². The highest BCUT2D eigenvalue weighted by molar-refractivity contribution is 5.78. The molecule has 3 nitrogen and oxygen atoms in total. The van der Waals surface area contributed by atoms with Gasteiger partial charge in [-0.2, -0.15) is 0 Å². The van der Waals surface area contributed by atoms with Crippen molar-refractivity contribution in [3.8, 4) is 16.9 Å². The lowest BCUT2D eigenvalue weighted by Crippen LogP contribution is -2.16. The van der Waals surface area contributed by atoms with Crippen molar-refractivity contribution in [3.05, 3.63) is 89.5 Å². The molecule has 0 bridgehead atoms. The lowest BCUT2D eigenvalue weighted by atomic mass is 9.90. The zero-order valence-electron chi connectivity index (χ0n) is 13.1. The zero-order chi connectivity index (χ0) is 16.5. The maximum Gasteiger partial charge on any atom is 0.409 e. The summed E-state index contributed by atoms with van der Waals surface area (Å²) in [5, 5.41) is 0. The summed E-state index contributed by atoms with van der Waals surface area (Å²) in [6.07, 6.45) is 0.117. The van der Waals surface area contributed by atoms with Crippen LogP contribution in [0.4, 0.5) is 4.79 Å². The maximum absolute atomic E-state index is 10.8. The number of carbonyl (C=O) groups excluding carboxylic acids is 1. The van der Waals surface area contributed by atoms with Crippen LogP contribution >= 0.6 is 0 Å². The fraction of sp³-hybridized carbons (Fsp3) is 0.0952. The van der Waals surface area contributed by atoms with E-state index in [9.17, 15) is 4.79 Å². The number of carbonyl (C=O) groups is 1. The SMILES string of the molecule is NC(=O)Oc1ccc(CC2c3ccccc3-c3ccccc32)cc1. The summed E-state index contributed by atoms with van der Waals surface area (Å²) in [4.78, 5) is 10.8. The molecule has 0 atom stereocenters. The van der Waals surface area contributed by atoms with Crippen molar-refractivity contribution < 1.29 is 9.53 Å². The van der Waals surface area contributed by atoms with Crippen molar-refractivity contribution in [1.82, 2.24) is 0 Å². The van der Waals surface area contributed by atoms with E-state index in [-0.39, 0.29) is 0 Å². The molecule has 1 aliphatic carbocycles. The van der Waals surface area contributed by atoms with Crippen molar-refractivity contribution in [2.45, 2.75) is 12.3 Å². The first-order chi connectivity index (χ1) is 11.7. The quantitative estimate of drug-likeness (QED) is 0.773. The van der Waals surface area contributed by atoms with E-state index in [1.54, 1.807) is 12.1 Å². The van der Waals surface area contributed by atoms with Gasteiger partial charge in [-0.15, -0.1) is 0 Å². The van der Waals surface area contributed by atoms with E-state index in [2.05, 4.69) is 48.5 Å². The summed E-state index contributed by atoms with van der Waals surface area (Å²) in [7, 11) is 0. The fourth-order valence-electron chi connectivity index (χ4n) is 3.53. The summed E-state index contributed by atoms with van der Waals surface area (Å²) >= 11 is 0. The molecule has 0 saturated carbocycles. The first kappa shape index (κ1) is 14.5. The van der Waals surface area contributed by atoms with Crippen molar-refractivity contribution in [2.75, 3.05) is 0 Å². The molecular weight excluding hydrogens is 298 g/mol. The van der Waals surface area contributed by atoms with Crippen LogP contribution in [0.3, 0.4) is 0 Å². The second kappa shape index (κ2) is 5.85. The third kappa shape index (κ3) is 2.54. The van der Waals surface area contributed by atoms with E-state index in [0.717, 1.165) is 6.42 Å². The monoisotopic (exact) mass is 315 g/mol. The van der Waals surface area contributed by atoms with Gasteiger partial charge in [-0.05, 0) is 46.4 Å². The summed E-state index contributed by atoms with van der Waals surface area (Å²) in [5.74, 6) is 0.818. The van der Waals surface area contributed by atoms with Gasteiger partial charge in [0, 0.05) is 5.92 Å². The molecule has 0 saturated heterocycles. The van der Waals surface area contributed by atoms with Gasteiger partial charge in [-0.1, -0.05) is 60.7 Å². The average Bonchev–Trinajstić information content (AvgIpc) is 2.91. The number of amides is 1. The second-order valence-corrected chi connectivity index (χ2v) is 6.00. The largest absolute Gasteiger partial charge is 0.411 e. The minimum Gasteiger partial charge on any atom is -0.411 e. The maximum atomic E-state index is 10.8. The standard InChI is InChI=1S/C21H17NO2/c22-21(23)24-15-11-9-14(10-12-15)13-20-18-7-3-1-5-16(18)17-6-2-4-8-19(17)20/h1-12,20H,13H2,(H2,22,23). The highest BCUT2D eigenvalue weighted by atomic mass is 16.5. The minimum atomic E-state index is -0.790. The molecule has 118 valence electrons. The number of nitrogens with two attached hydrogens (primary N) is 1. The molecule has 4 rings (SSSR count). The summed E-state index contributed by atoms with van der Waals surface area (Å²) in [6.45, 7) is 0. The van der Waals surface area contributed by atoms with Gasteiger partial charge in [0.05, 0.1) is 0 Å². The molecule has 24 heavy (non-hydrogen) atoms. The smallest absolute Gasteiger partial charge is 0.409 e. The van der Waals surface area contributed by atoms with E-state index in [1.807, 2.05) is 12.1 Å². The molecule has 0 radical (unpaired) electrons. The Morgan fingerprint density at radius 2 is 1.38 bits per heavy atom. The average molecular weight is 315 g/mol. The van der Waals surface area contributed by atoms with Gasteiger partial charge in [0.15, 0.2) is 0 Å². The van der Waals surface area contributed by atoms with Crippen LogP contribution in [-0.2, 0) is 6.42 Å². The molecule has 0 heterocycles. The third-order valence-electron chi connectivity index (χ3n) is 4.54. The van der Waals surface area contributed by atoms with E-state index in [1.165, 1.54) is 27.8 Å². The van der Waals surface area contributed by atoms with Crippen molar-refractivity contribution in [1.29, 1.82) is 0 Å². The van der Waals surface area contributed by atoms with E-state index in [0.29, 0.717) is 11.7 Å². The van der Waals surface area contributed by atoms with Crippen LogP contribution in [0.15, 0.2) is 72.8 Å². The number of hydrogen-bond acceptors (Lipinski definition) is 2. The van der Waals surface area contributed by atoms with Crippen molar-refractivity contribution in [2.24, 2.45) is 5.73 Å². The van der Waals surface area contributed by atoms with Gasteiger partial charge in [-0.3, -0.25) is 0 Å². The van der Waals surface area contributed by atoms with Crippen LogP contribution in [0.25, 0.3) is 11.1 Å². The summed E-state index contributed by atoms with van der Waals surface area (Å²) in [6, 6.07) is 24.7. The summed E-state index contributed by atoms with van der Waals surface area (Å²) < 4.78 is 4.89. The third-order valence-corrected chi connectivity index (χ3v) is 4.54. The number of hydrogen-bond donors (Lipinski definition) is 1. The second-order valence-electron chi connectivity index (χ2n) is 6.00. The van der Waals surface area contributed by atoms with Crippen molar-refractivity contribution in [3.63, 3.8) is 0 Å². The molecule has 3 heteroatoms. The first-order valence-electron chi connectivity index (χ1n) is 7.97. The predicted molar refractivity (Wildman–Crippen MR) is 94.1 cm³/mol. The van der Waals surface area contributed by atoms with Crippen LogP contribution in [0.5, 0.6) is 5.75 Å². The normalized spacial score (nSPS) is 12.5. The predicted octanol–water partition coefficient (Wildman–Crippen LogP) is 4.50. The molecule has 1 amide bonds. The topological polar surface area (TPSA) is 52.3 Å². The van der Waals surface area contributed by atoms with Gasteiger partial charge in [0.1, 0.15) is 5.75 Å². The highest BCUT2D eigenvalue weighted by Gasteiger charge is 2.27. The molecule has 3 aromatic carbocycles. The molecule has 3 aromatic rings. The number of rotatable bonds is 3. The minimum absolute atomic E-state index is 0.348. The van der Waals surface area contributed by atoms with Gasteiger partial charge in [0.2, 0.25) is 0 Å². The molecule has 2 N–H and O–H groups in total. The molecule has 0 aromatic heterocycles. The number of benzene rings is 3. The van der Waals surface area contributed by atoms with Crippen LogP contribution < -0.4 is 10.5 Å². The first-order valence-corrected chi connectivity index (χ1v) is 7.97. The van der Waals surface area contributed by atoms with Gasteiger partial charge >= 0.3 is 6.09 Å². The Morgan fingerprint density at radius 1 is 0.833 bits per heavy atom. The lowest BCUT2D eigenvalue weighted by molar-refractivity contribution is 0.211. The fourth-order valence-corrected chi connectivity index (χ4v) is 3.53. The van der Waals surface area contributed by atoms with E-state index >= 15 is 0 Å². The zero-order valence-corrected chi connectivity index (χ0v) is 13.1. The highest BCUT2D eigenvalue weighted by Crippen LogP contribution is 2.45. The Hall–Kier alpha value is -3.07. The van der Waals surface area contributed by atoms with Crippen LogP contribution in [0.1, 0.15) is 22.6 Å². The molecule has 0 unspecified atom stereocenters. The molecule has 0 aliphatic heterocycles.